The lowest BCUT2D eigenvalue weighted by atomic mass is 10.0. The van der Waals surface area contributed by atoms with E-state index in [4.69, 9.17) is 4.52 Å². The van der Waals surface area contributed by atoms with Crippen molar-refractivity contribution in [1.82, 2.24) is 25.0 Å². The predicted octanol–water partition coefficient (Wildman–Crippen LogP) is 5.25. The van der Waals surface area contributed by atoms with Crippen LogP contribution in [0.2, 0.25) is 0 Å². The fourth-order valence-corrected chi connectivity index (χ4v) is 4.32. The Hall–Kier alpha value is -4.46. The van der Waals surface area contributed by atoms with Crippen molar-refractivity contribution in [1.29, 1.82) is 0 Å². The zero-order valence-corrected chi connectivity index (χ0v) is 18.5. The van der Waals surface area contributed by atoms with Crippen molar-refractivity contribution in [3.8, 4) is 11.4 Å². The second-order valence-corrected chi connectivity index (χ2v) is 8.49. The molecular formula is C26H22N6O2. The summed E-state index contributed by atoms with van der Waals surface area (Å²) in [5.41, 5.74) is 4.52. The molecule has 0 bridgehead atoms. The third-order valence-electron chi connectivity index (χ3n) is 6.20. The summed E-state index contributed by atoms with van der Waals surface area (Å²) in [5, 5.41) is 9.46. The molecule has 2 amide bonds. The first-order chi connectivity index (χ1) is 16.6. The number of nitrogens with zero attached hydrogens (tertiary/aromatic N) is 4. The van der Waals surface area contributed by atoms with Crippen molar-refractivity contribution in [3.63, 3.8) is 0 Å². The molecule has 8 heteroatoms. The summed E-state index contributed by atoms with van der Waals surface area (Å²) in [6.45, 7) is 2.38. The molecule has 1 aliphatic heterocycles. The molecule has 1 aliphatic rings. The van der Waals surface area contributed by atoms with E-state index >= 15 is 0 Å². The van der Waals surface area contributed by atoms with Crippen LogP contribution in [-0.4, -0.2) is 31.0 Å². The van der Waals surface area contributed by atoms with Gasteiger partial charge in [-0.3, -0.25) is 0 Å². The molecule has 3 aromatic carbocycles. The van der Waals surface area contributed by atoms with Crippen LogP contribution in [0, 0.1) is 6.92 Å². The van der Waals surface area contributed by atoms with Gasteiger partial charge in [0.05, 0.1) is 24.3 Å². The van der Waals surface area contributed by atoms with Crippen LogP contribution in [0.15, 0.2) is 77.6 Å². The highest BCUT2D eigenvalue weighted by Gasteiger charge is 2.36. The third kappa shape index (κ3) is 3.69. The topological polar surface area (TPSA) is 99.9 Å². The molecule has 0 saturated carbocycles. The number of aryl methyl sites for hydroxylation is 1. The van der Waals surface area contributed by atoms with Crippen LogP contribution in [0.3, 0.4) is 0 Å². The van der Waals surface area contributed by atoms with Gasteiger partial charge in [0.2, 0.25) is 11.7 Å². The van der Waals surface area contributed by atoms with Gasteiger partial charge < -0.3 is 19.7 Å². The summed E-state index contributed by atoms with van der Waals surface area (Å²) in [6, 6.07) is 21.2. The average Bonchev–Trinajstić information content (AvgIpc) is 3.54. The first-order valence-electron chi connectivity index (χ1n) is 11.1. The van der Waals surface area contributed by atoms with Crippen molar-refractivity contribution in [2.24, 2.45) is 0 Å². The van der Waals surface area contributed by atoms with Gasteiger partial charge >= 0.3 is 6.03 Å². The molecule has 8 nitrogen and oxygen atoms in total. The number of carbonyl (C=O) groups is 1. The van der Waals surface area contributed by atoms with Crippen molar-refractivity contribution in [2.45, 2.75) is 25.9 Å². The van der Waals surface area contributed by atoms with E-state index in [-0.39, 0.29) is 6.03 Å². The van der Waals surface area contributed by atoms with Crippen LogP contribution >= 0.6 is 0 Å². The van der Waals surface area contributed by atoms with Gasteiger partial charge in [-0.2, -0.15) is 4.98 Å². The number of hydrogen-bond donors (Lipinski definition) is 2. The molecule has 0 radical (unpaired) electrons. The summed E-state index contributed by atoms with van der Waals surface area (Å²) in [4.78, 5) is 27.2. The Balaban J connectivity index is 1.31. The number of fused-ring (bicyclic) bond motifs is 2. The molecule has 6 rings (SSSR count). The maximum absolute atomic E-state index is 13.3. The zero-order chi connectivity index (χ0) is 23.1. The molecule has 0 spiro atoms. The third-order valence-corrected chi connectivity index (χ3v) is 6.20. The minimum absolute atomic E-state index is 0.237. The number of hydrogen-bond acceptors (Lipinski definition) is 5. The Morgan fingerprint density at radius 3 is 2.76 bits per heavy atom. The lowest BCUT2D eigenvalue weighted by Gasteiger charge is -2.32. The summed E-state index contributed by atoms with van der Waals surface area (Å²) in [7, 11) is 0. The molecule has 1 atom stereocenters. The summed E-state index contributed by atoms with van der Waals surface area (Å²) in [6.07, 6.45) is 2.14. The molecule has 2 N–H and O–H groups in total. The van der Waals surface area contributed by atoms with Gasteiger partial charge in [-0.05, 0) is 35.9 Å². The van der Waals surface area contributed by atoms with Gasteiger partial charge in [-0.15, -0.1) is 0 Å². The largest absolute Gasteiger partial charge is 0.347 e. The van der Waals surface area contributed by atoms with Gasteiger partial charge in [0.1, 0.15) is 6.04 Å². The number of aromatic nitrogens is 4. The maximum Gasteiger partial charge on any atom is 0.322 e. The van der Waals surface area contributed by atoms with Crippen LogP contribution < -0.4 is 5.32 Å². The number of rotatable bonds is 3. The molecule has 2 aromatic heterocycles. The Morgan fingerprint density at radius 2 is 1.91 bits per heavy atom. The van der Waals surface area contributed by atoms with Crippen LogP contribution in [0.25, 0.3) is 22.2 Å². The van der Waals surface area contributed by atoms with Gasteiger partial charge in [0.25, 0.3) is 0 Å². The van der Waals surface area contributed by atoms with Gasteiger partial charge in [-0.25, -0.2) is 9.78 Å². The lowest BCUT2D eigenvalue weighted by Crippen LogP contribution is -2.41. The summed E-state index contributed by atoms with van der Waals surface area (Å²) >= 11 is 0. The van der Waals surface area contributed by atoms with Crippen LogP contribution in [0.4, 0.5) is 10.5 Å². The molecule has 5 aromatic rings. The maximum atomic E-state index is 13.3. The van der Waals surface area contributed by atoms with Crippen molar-refractivity contribution < 1.29 is 9.32 Å². The predicted molar refractivity (Wildman–Crippen MR) is 128 cm³/mol. The van der Waals surface area contributed by atoms with E-state index < -0.39 is 6.04 Å². The van der Waals surface area contributed by atoms with Gasteiger partial charge in [0.15, 0.2) is 0 Å². The number of benzene rings is 3. The fourth-order valence-electron chi connectivity index (χ4n) is 4.32. The molecule has 0 saturated heterocycles. The summed E-state index contributed by atoms with van der Waals surface area (Å²) < 4.78 is 5.69. The van der Waals surface area contributed by atoms with E-state index in [2.05, 4.69) is 37.6 Å². The zero-order valence-electron chi connectivity index (χ0n) is 18.5. The smallest absolute Gasteiger partial charge is 0.322 e. The number of imidazole rings is 1. The number of amides is 2. The normalized spacial score (nSPS) is 15.3. The molecule has 0 fully saturated rings. The highest BCUT2D eigenvalue weighted by Crippen LogP contribution is 2.33. The molecule has 0 unspecified atom stereocenters. The highest BCUT2D eigenvalue weighted by molar-refractivity contribution is 5.90. The Kier molecular flexibility index (Phi) is 4.83. The molecule has 34 heavy (non-hydrogen) atoms. The number of aromatic amines is 1. The summed E-state index contributed by atoms with van der Waals surface area (Å²) in [5.74, 6) is 0.878. The average molecular weight is 451 g/mol. The van der Waals surface area contributed by atoms with Crippen molar-refractivity contribution in [3.05, 3.63) is 95.9 Å². The minimum Gasteiger partial charge on any atom is -0.347 e. The monoisotopic (exact) mass is 450 g/mol. The van der Waals surface area contributed by atoms with E-state index in [9.17, 15) is 4.79 Å². The highest BCUT2D eigenvalue weighted by atomic mass is 16.5. The van der Waals surface area contributed by atoms with E-state index in [1.54, 1.807) is 11.2 Å². The number of nitrogens with one attached hydrogen (secondary N) is 2. The quantitative estimate of drug-likeness (QED) is 0.391. The van der Waals surface area contributed by atoms with Crippen LogP contribution in [0.5, 0.6) is 0 Å². The van der Waals surface area contributed by atoms with Gasteiger partial charge in [0, 0.05) is 17.7 Å². The SMILES string of the molecule is Cc1ccc(NC(=O)N2Cc3[nH]cnc3C[C@H]2c2nc(-c3ccc4ccccc4c3)no2)cc1. The molecule has 3 heterocycles. The van der Waals surface area contributed by atoms with E-state index in [0.717, 1.165) is 39.0 Å². The van der Waals surface area contributed by atoms with Crippen LogP contribution in [-0.2, 0) is 13.0 Å². The second-order valence-electron chi connectivity index (χ2n) is 8.49. The minimum atomic E-state index is -0.428. The number of carbonyl (C=O) groups excluding carboxylic acids is 1. The Morgan fingerprint density at radius 1 is 1.09 bits per heavy atom. The molecular weight excluding hydrogens is 428 g/mol. The fraction of sp³-hybridized carbons (Fsp3) is 0.154. The van der Waals surface area contributed by atoms with Crippen LogP contribution in [0.1, 0.15) is 28.9 Å². The Bertz CT molecular complexity index is 1490. The lowest BCUT2D eigenvalue weighted by molar-refractivity contribution is 0.155. The molecule has 0 aliphatic carbocycles. The number of anilines is 1. The first kappa shape index (κ1) is 20.2. The van der Waals surface area contributed by atoms with E-state index in [1.165, 1.54) is 0 Å². The Labute approximate surface area is 195 Å². The van der Waals surface area contributed by atoms with E-state index in [1.807, 2.05) is 61.5 Å². The standard InChI is InChI=1S/C26H22N6O2/c1-16-6-10-20(11-7-16)29-26(33)32-14-22-21(27-15-28-22)13-23(32)25-30-24(31-34-25)19-9-8-17-4-2-3-5-18(17)12-19/h2-12,15,23H,13-14H2,1H3,(H,27,28)(H,29,33)/t23-/m0/s1. The second kappa shape index (κ2) is 8.15. The van der Waals surface area contributed by atoms with Gasteiger partial charge in [-0.1, -0.05) is 59.3 Å². The van der Waals surface area contributed by atoms with Crippen molar-refractivity contribution >= 4 is 22.5 Å². The molecule has 168 valence electrons. The van der Waals surface area contributed by atoms with Crippen molar-refractivity contribution in [2.75, 3.05) is 5.32 Å². The number of urea groups is 1. The first-order valence-corrected chi connectivity index (χ1v) is 11.1. The van der Waals surface area contributed by atoms with E-state index in [0.29, 0.717) is 24.7 Å². The number of H-pyrrole nitrogens is 1.